The van der Waals surface area contributed by atoms with Crippen LogP contribution in [0.15, 0.2) is 30.3 Å². The third kappa shape index (κ3) is 4.47. The molecule has 2 amide bonds. The number of rotatable bonds is 4. The molecular formula is C14H15F3N2O2. The van der Waals surface area contributed by atoms with Crippen molar-refractivity contribution in [3.63, 3.8) is 0 Å². The summed E-state index contributed by atoms with van der Waals surface area (Å²) in [6.07, 6.45) is -5.18. The number of carbonyl (C=O) groups excluding carboxylic acids is 2. The predicted octanol–water partition coefficient (Wildman–Crippen LogP) is 1.51. The number of amides is 2. The van der Waals surface area contributed by atoms with E-state index >= 15 is 0 Å². The average molecular weight is 300 g/mol. The number of benzene rings is 1. The number of alkyl halides is 3. The molecule has 1 fully saturated rings. The maximum Gasteiger partial charge on any atom is 0.390 e. The van der Waals surface area contributed by atoms with Crippen LogP contribution >= 0.6 is 0 Å². The Morgan fingerprint density at radius 3 is 2.48 bits per heavy atom. The molecule has 1 aliphatic heterocycles. The number of hydrogen-bond donors (Lipinski definition) is 1. The Morgan fingerprint density at radius 2 is 1.86 bits per heavy atom. The van der Waals surface area contributed by atoms with Crippen molar-refractivity contribution in [2.45, 2.75) is 25.1 Å². The normalized spacial score (nSPS) is 19.6. The zero-order chi connectivity index (χ0) is 15.5. The fourth-order valence-electron chi connectivity index (χ4n) is 2.21. The molecule has 1 aliphatic rings. The quantitative estimate of drug-likeness (QED) is 0.916. The lowest BCUT2D eigenvalue weighted by Crippen LogP contribution is -2.59. The van der Waals surface area contributed by atoms with Gasteiger partial charge in [0.05, 0.1) is 13.0 Å². The third-order valence-corrected chi connectivity index (χ3v) is 3.23. The van der Waals surface area contributed by atoms with E-state index in [0.29, 0.717) is 0 Å². The number of halogens is 3. The van der Waals surface area contributed by atoms with Crippen molar-refractivity contribution in [2.24, 2.45) is 0 Å². The molecule has 4 nitrogen and oxygen atoms in total. The first-order chi connectivity index (χ1) is 9.85. The van der Waals surface area contributed by atoms with Gasteiger partial charge in [-0.05, 0) is 5.56 Å². The molecule has 1 aromatic rings. The highest BCUT2D eigenvalue weighted by Gasteiger charge is 2.35. The molecule has 0 bridgehead atoms. The minimum Gasteiger partial charge on any atom is -0.342 e. The second-order valence-corrected chi connectivity index (χ2v) is 4.93. The van der Waals surface area contributed by atoms with E-state index in [0.717, 1.165) is 10.5 Å². The van der Waals surface area contributed by atoms with Gasteiger partial charge in [-0.15, -0.1) is 0 Å². The Morgan fingerprint density at radius 1 is 1.19 bits per heavy atom. The lowest BCUT2D eigenvalue weighted by atomic mass is 10.0. The fraction of sp³-hybridized carbons (Fsp3) is 0.429. The monoisotopic (exact) mass is 300 g/mol. The van der Waals surface area contributed by atoms with Gasteiger partial charge in [-0.25, -0.2) is 0 Å². The summed E-state index contributed by atoms with van der Waals surface area (Å²) < 4.78 is 36.7. The molecule has 0 aliphatic carbocycles. The number of carbonyl (C=O) groups is 2. The molecule has 1 heterocycles. The second-order valence-electron chi connectivity index (χ2n) is 4.93. The highest BCUT2D eigenvalue weighted by molar-refractivity contribution is 5.95. The first-order valence-corrected chi connectivity index (χ1v) is 6.54. The molecule has 0 spiro atoms. The fourth-order valence-corrected chi connectivity index (χ4v) is 2.21. The molecule has 2 rings (SSSR count). The maximum atomic E-state index is 12.2. The molecule has 7 heteroatoms. The molecule has 1 atom stereocenters. The number of hydrogen-bond acceptors (Lipinski definition) is 2. The Labute approximate surface area is 119 Å². The van der Waals surface area contributed by atoms with E-state index in [1.54, 1.807) is 24.3 Å². The molecule has 0 radical (unpaired) electrons. The van der Waals surface area contributed by atoms with Crippen LogP contribution in [0.4, 0.5) is 13.2 Å². The van der Waals surface area contributed by atoms with Crippen molar-refractivity contribution in [2.75, 3.05) is 13.1 Å². The Bertz CT molecular complexity index is 517. The molecule has 1 saturated heterocycles. The van der Waals surface area contributed by atoms with Gasteiger partial charge in [-0.1, -0.05) is 30.3 Å². The van der Waals surface area contributed by atoms with Crippen LogP contribution in [0.3, 0.4) is 0 Å². The van der Waals surface area contributed by atoms with Gasteiger partial charge in [-0.2, -0.15) is 13.2 Å². The smallest absolute Gasteiger partial charge is 0.342 e. The zero-order valence-corrected chi connectivity index (χ0v) is 11.2. The summed E-state index contributed by atoms with van der Waals surface area (Å²) >= 11 is 0. The molecule has 1 unspecified atom stereocenters. The van der Waals surface area contributed by atoms with Crippen molar-refractivity contribution in [1.29, 1.82) is 0 Å². The van der Waals surface area contributed by atoms with Crippen LogP contribution in [0.5, 0.6) is 0 Å². The van der Waals surface area contributed by atoms with Crippen LogP contribution < -0.4 is 5.32 Å². The van der Waals surface area contributed by atoms with Crippen molar-refractivity contribution < 1.29 is 22.8 Å². The summed E-state index contributed by atoms with van der Waals surface area (Å²) in [4.78, 5) is 24.7. The van der Waals surface area contributed by atoms with Gasteiger partial charge in [-0.3, -0.25) is 9.59 Å². The predicted molar refractivity (Wildman–Crippen MR) is 69.3 cm³/mol. The first kappa shape index (κ1) is 15.3. The molecule has 1 aromatic carbocycles. The minimum absolute atomic E-state index is 0.272. The van der Waals surface area contributed by atoms with Crippen LogP contribution in [-0.4, -0.2) is 42.0 Å². The Hall–Kier alpha value is -2.05. The van der Waals surface area contributed by atoms with E-state index in [2.05, 4.69) is 5.32 Å². The summed E-state index contributed by atoms with van der Waals surface area (Å²) in [5.74, 6) is -0.902. The van der Waals surface area contributed by atoms with Gasteiger partial charge in [0.2, 0.25) is 11.8 Å². The molecule has 0 aromatic heterocycles. The van der Waals surface area contributed by atoms with Crippen LogP contribution in [0.1, 0.15) is 12.0 Å². The highest BCUT2D eigenvalue weighted by Crippen LogP contribution is 2.20. The summed E-state index contributed by atoms with van der Waals surface area (Å²) in [7, 11) is 0. The number of nitrogens with zero attached hydrogens (tertiary/aromatic N) is 1. The lowest BCUT2D eigenvalue weighted by Gasteiger charge is -2.32. The Kier molecular flexibility index (Phi) is 4.50. The van der Waals surface area contributed by atoms with Crippen molar-refractivity contribution in [1.82, 2.24) is 10.2 Å². The largest absolute Gasteiger partial charge is 0.390 e. The zero-order valence-electron chi connectivity index (χ0n) is 11.2. The number of nitrogens with one attached hydrogen (secondary N) is 1. The molecule has 1 N–H and O–H groups in total. The van der Waals surface area contributed by atoms with E-state index in [1.165, 1.54) is 0 Å². The molecule has 0 saturated carbocycles. The Balaban J connectivity index is 2.02. The first-order valence-electron chi connectivity index (χ1n) is 6.54. The second kappa shape index (κ2) is 6.15. The van der Waals surface area contributed by atoms with Crippen molar-refractivity contribution >= 4 is 11.8 Å². The van der Waals surface area contributed by atoms with Gasteiger partial charge >= 0.3 is 6.18 Å². The summed E-state index contributed by atoms with van der Waals surface area (Å²) in [5.41, 5.74) is 0.842. The van der Waals surface area contributed by atoms with E-state index in [9.17, 15) is 22.8 Å². The standard InChI is InChI=1S/C14H15F3N2O2/c15-14(16,17)6-7-19-9-12(20)18-11(13(19)21)8-10-4-2-1-3-5-10/h1-5,11H,6-9H2,(H,18,20). The van der Waals surface area contributed by atoms with Gasteiger partial charge in [0.25, 0.3) is 0 Å². The van der Waals surface area contributed by atoms with E-state index in [-0.39, 0.29) is 13.0 Å². The van der Waals surface area contributed by atoms with E-state index in [4.69, 9.17) is 0 Å². The summed E-state index contributed by atoms with van der Waals surface area (Å²) in [6.45, 7) is -0.804. The lowest BCUT2D eigenvalue weighted by molar-refractivity contribution is -0.153. The van der Waals surface area contributed by atoms with Crippen LogP contribution in [0.25, 0.3) is 0 Å². The van der Waals surface area contributed by atoms with Crippen LogP contribution in [0, 0.1) is 0 Å². The summed E-state index contributed by atoms with van der Waals surface area (Å²) in [5, 5.41) is 2.53. The topological polar surface area (TPSA) is 49.4 Å². The van der Waals surface area contributed by atoms with Crippen LogP contribution in [-0.2, 0) is 16.0 Å². The van der Waals surface area contributed by atoms with E-state index < -0.39 is 37.0 Å². The van der Waals surface area contributed by atoms with Crippen LogP contribution in [0.2, 0.25) is 0 Å². The van der Waals surface area contributed by atoms with Crippen molar-refractivity contribution in [3.05, 3.63) is 35.9 Å². The third-order valence-electron chi connectivity index (χ3n) is 3.23. The highest BCUT2D eigenvalue weighted by atomic mass is 19.4. The van der Waals surface area contributed by atoms with Gasteiger partial charge in [0, 0.05) is 13.0 Å². The SMILES string of the molecule is O=C1CN(CCC(F)(F)F)C(=O)C(Cc2ccccc2)N1. The molecule has 21 heavy (non-hydrogen) atoms. The van der Waals surface area contributed by atoms with Gasteiger partial charge in [0.15, 0.2) is 0 Å². The van der Waals surface area contributed by atoms with E-state index in [1.807, 2.05) is 6.07 Å². The van der Waals surface area contributed by atoms with Gasteiger partial charge in [0.1, 0.15) is 6.04 Å². The average Bonchev–Trinajstić information content (AvgIpc) is 2.41. The number of piperazine rings is 1. The molecule has 114 valence electrons. The summed E-state index contributed by atoms with van der Waals surface area (Å²) in [6, 6.07) is 8.21. The minimum atomic E-state index is -4.34. The maximum absolute atomic E-state index is 12.2. The molecular weight excluding hydrogens is 285 g/mol. The van der Waals surface area contributed by atoms with Crippen molar-refractivity contribution in [3.8, 4) is 0 Å². The van der Waals surface area contributed by atoms with Gasteiger partial charge < -0.3 is 10.2 Å².